The van der Waals surface area contributed by atoms with Crippen molar-refractivity contribution in [3.8, 4) is 0 Å². The molecule has 4 heteroatoms. The third-order valence-electron chi connectivity index (χ3n) is 3.83. The molecule has 1 N–H and O–H groups in total. The number of aliphatic hydroxyl groups excluding tert-OH is 1. The fraction of sp³-hybridized carbons (Fsp3) is 0.438. The van der Waals surface area contributed by atoms with Gasteiger partial charge < -0.3 is 10.0 Å². The normalized spacial score (nSPS) is 22.9. The van der Waals surface area contributed by atoms with E-state index in [1.807, 2.05) is 12.1 Å². The molecule has 1 fully saturated rings. The van der Waals surface area contributed by atoms with Gasteiger partial charge in [-0.15, -0.1) is 0 Å². The van der Waals surface area contributed by atoms with Crippen LogP contribution in [0.4, 0.5) is 0 Å². The molecule has 1 aliphatic carbocycles. The lowest BCUT2D eigenvalue weighted by Crippen LogP contribution is -2.45. The first-order valence-electron chi connectivity index (χ1n) is 6.96. The molecule has 0 radical (unpaired) electrons. The zero-order valence-corrected chi connectivity index (χ0v) is 12.4. The number of hydrogen-bond acceptors (Lipinski definition) is 2. The minimum atomic E-state index is -0.401. The van der Waals surface area contributed by atoms with E-state index < -0.39 is 6.10 Å². The highest BCUT2D eigenvalue weighted by atomic mass is 35.5. The highest BCUT2D eigenvalue weighted by molar-refractivity contribution is 6.30. The molecule has 20 heavy (non-hydrogen) atoms. The second-order valence-corrected chi connectivity index (χ2v) is 5.69. The average molecular weight is 294 g/mol. The highest BCUT2D eigenvalue weighted by Gasteiger charge is 2.28. The van der Waals surface area contributed by atoms with Gasteiger partial charge in [0.1, 0.15) is 0 Å². The van der Waals surface area contributed by atoms with Crippen molar-refractivity contribution in [1.29, 1.82) is 0 Å². The summed E-state index contributed by atoms with van der Waals surface area (Å²) in [4.78, 5) is 13.8. The molecule has 0 spiro atoms. The average Bonchev–Trinajstić information content (AvgIpc) is 2.46. The van der Waals surface area contributed by atoms with E-state index in [4.69, 9.17) is 11.6 Å². The molecule has 0 aliphatic heterocycles. The Balaban J connectivity index is 1.98. The molecule has 0 aromatic heterocycles. The largest absolute Gasteiger partial charge is 0.391 e. The van der Waals surface area contributed by atoms with Gasteiger partial charge in [-0.05, 0) is 36.6 Å². The monoisotopic (exact) mass is 293 g/mol. The summed E-state index contributed by atoms with van der Waals surface area (Å²) in [5.74, 6) is -0.0779. The van der Waals surface area contributed by atoms with Crippen molar-refractivity contribution < 1.29 is 9.90 Å². The maximum absolute atomic E-state index is 12.1. The fourth-order valence-corrected chi connectivity index (χ4v) is 2.69. The third kappa shape index (κ3) is 3.84. The lowest BCUT2D eigenvalue weighted by Gasteiger charge is -2.34. The molecule has 1 aliphatic rings. The van der Waals surface area contributed by atoms with Crippen LogP contribution in [-0.4, -0.2) is 35.1 Å². The number of benzene rings is 1. The van der Waals surface area contributed by atoms with Gasteiger partial charge in [-0.3, -0.25) is 4.79 Å². The maximum atomic E-state index is 12.1. The Kier molecular flexibility index (Phi) is 5.21. The van der Waals surface area contributed by atoms with E-state index in [1.165, 1.54) is 0 Å². The zero-order chi connectivity index (χ0) is 14.5. The summed E-state index contributed by atoms with van der Waals surface area (Å²) in [6.45, 7) is 0. The van der Waals surface area contributed by atoms with E-state index in [0.29, 0.717) is 5.02 Å². The van der Waals surface area contributed by atoms with Crippen LogP contribution in [0.1, 0.15) is 31.2 Å². The van der Waals surface area contributed by atoms with Gasteiger partial charge in [0.15, 0.2) is 0 Å². The van der Waals surface area contributed by atoms with E-state index in [2.05, 4.69) is 0 Å². The van der Waals surface area contributed by atoms with Gasteiger partial charge >= 0.3 is 0 Å². The number of aliphatic hydroxyl groups is 1. The zero-order valence-electron chi connectivity index (χ0n) is 11.6. The van der Waals surface area contributed by atoms with Crippen LogP contribution >= 0.6 is 11.6 Å². The van der Waals surface area contributed by atoms with E-state index in [0.717, 1.165) is 31.2 Å². The molecule has 3 nitrogen and oxygen atoms in total. The van der Waals surface area contributed by atoms with Crippen LogP contribution in [0.5, 0.6) is 0 Å². The Morgan fingerprint density at radius 1 is 1.30 bits per heavy atom. The molecule has 108 valence electrons. The Hall–Kier alpha value is -1.32. The van der Waals surface area contributed by atoms with E-state index in [9.17, 15) is 9.90 Å². The van der Waals surface area contributed by atoms with Gasteiger partial charge in [-0.2, -0.15) is 0 Å². The molecule has 1 amide bonds. The molecule has 1 aromatic rings. The number of carbonyl (C=O) groups excluding carboxylic acids is 1. The summed E-state index contributed by atoms with van der Waals surface area (Å²) < 4.78 is 0. The first kappa shape index (κ1) is 15.1. The molecule has 0 heterocycles. The standard InChI is InChI=1S/C16H20ClNO2/c1-18(14-4-2-3-5-15(14)19)16(20)11-8-12-6-9-13(17)10-7-12/h6-11,14-15,19H,2-5H2,1H3/b11-8+. The molecule has 1 saturated carbocycles. The Morgan fingerprint density at radius 2 is 1.95 bits per heavy atom. The summed E-state index contributed by atoms with van der Waals surface area (Å²) in [6, 6.07) is 7.25. The Morgan fingerprint density at radius 3 is 2.60 bits per heavy atom. The number of hydrogen-bond donors (Lipinski definition) is 1. The number of halogens is 1. The summed E-state index contributed by atoms with van der Waals surface area (Å²) >= 11 is 5.82. The van der Waals surface area contributed by atoms with Gasteiger partial charge in [0.2, 0.25) is 5.91 Å². The molecule has 0 bridgehead atoms. The Bertz CT molecular complexity index is 484. The van der Waals surface area contributed by atoms with Crippen LogP contribution in [0.15, 0.2) is 30.3 Å². The second-order valence-electron chi connectivity index (χ2n) is 5.25. The quantitative estimate of drug-likeness (QED) is 0.870. The molecule has 2 atom stereocenters. The lowest BCUT2D eigenvalue weighted by molar-refractivity contribution is -0.130. The van der Waals surface area contributed by atoms with E-state index in [1.54, 1.807) is 36.2 Å². The predicted octanol–water partition coefficient (Wildman–Crippen LogP) is 3.12. The summed E-state index contributed by atoms with van der Waals surface area (Å²) in [5, 5.41) is 10.6. The van der Waals surface area contributed by atoms with E-state index in [-0.39, 0.29) is 11.9 Å². The Labute approximate surface area is 124 Å². The van der Waals surface area contributed by atoms with Crippen molar-refractivity contribution in [3.05, 3.63) is 40.9 Å². The molecule has 0 saturated heterocycles. The molecule has 1 aromatic carbocycles. The second kappa shape index (κ2) is 6.91. The minimum absolute atomic E-state index is 0.0638. The van der Waals surface area contributed by atoms with Crippen molar-refractivity contribution in [1.82, 2.24) is 4.90 Å². The highest BCUT2D eigenvalue weighted by Crippen LogP contribution is 2.22. The van der Waals surface area contributed by atoms with Crippen LogP contribution in [0, 0.1) is 0 Å². The number of amides is 1. The van der Waals surface area contributed by atoms with Crippen molar-refractivity contribution in [2.24, 2.45) is 0 Å². The van der Waals surface area contributed by atoms with Gasteiger partial charge in [0, 0.05) is 18.1 Å². The number of carbonyl (C=O) groups is 1. The van der Waals surface area contributed by atoms with Crippen LogP contribution in [0.3, 0.4) is 0 Å². The molecule has 2 rings (SSSR count). The van der Waals surface area contributed by atoms with E-state index >= 15 is 0 Å². The minimum Gasteiger partial charge on any atom is -0.391 e. The van der Waals surface area contributed by atoms with Crippen molar-refractivity contribution in [2.45, 2.75) is 37.8 Å². The summed E-state index contributed by atoms with van der Waals surface area (Å²) in [7, 11) is 1.76. The van der Waals surface area contributed by atoms with Gasteiger partial charge in [0.05, 0.1) is 12.1 Å². The number of rotatable bonds is 3. The van der Waals surface area contributed by atoms with Crippen LogP contribution in [-0.2, 0) is 4.79 Å². The van der Waals surface area contributed by atoms with Crippen LogP contribution < -0.4 is 0 Å². The van der Waals surface area contributed by atoms with Crippen molar-refractivity contribution >= 4 is 23.6 Å². The van der Waals surface area contributed by atoms with Crippen molar-refractivity contribution in [3.63, 3.8) is 0 Å². The smallest absolute Gasteiger partial charge is 0.246 e. The van der Waals surface area contributed by atoms with Crippen LogP contribution in [0.2, 0.25) is 5.02 Å². The first-order chi connectivity index (χ1) is 9.58. The molecular formula is C16H20ClNO2. The first-order valence-corrected chi connectivity index (χ1v) is 7.34. The maximum Gasteiger partial charge on any atom is 0.246 e. The molecule has 2 unspecified atom stereocenters. The third-order valence-corrected chi connectivity index (χ3v) is 4.08. The fourth-order valence-electron chi connectivity index (χ4n) is 2.57. The van der Waals surface area contributed by atoms with Crippen LogP contribution in [0.25, 0.3) is 6.08 Å². The van der Waals surface area contributed by atoms with Gasteiger partial charge in [0.25, 0.3) is 0 Å². The molecular weight excluding hydrogens is 274 g/mol. The SMILES string of the molecule is CN(C(=O)/C=C/c1ccc(Cl)cc1)C1CCCCC1O. The summed E-state index contributed by atoms with van der Waals surface area (Å²) in [5.41, 5.74) is 0.931. The predicted molar refractivity (Wildman–Crippen MR) is 81.5 cm³/mol. The van der Waals surface area contributed by atoms with Gasteiger partial charge in [-0.25, -0.2) is 0 Å². The van der Waals surface area contributed by atoms with Gasteiger partial charge in [-0.1, -0.05) is 36.6 Å². The topological polar surface area (TPSA) is 40.5 Å². The summed E-state index contributed by atoms with van der Waals surface area (Å²) in [6.07, 6.45) is 6.68. The van der Waals surface area contributed by atoms with Crippen molar-refractivity contribution in [2.75, 3.05) is 7.05 Å². The number of likely N-dealkylation sites (N-methyl/N-ethyl adjacent to an activating group) is 1. The number of nitrogens with zero attached hydrogens (tertiary/aromatic N) is 1. The lowest BCUT2D eigenvalue weighted by atomic mass is 9.91.